The van der Waals surface area contributed by atoms with Crippen LogP contribution in [0.2, 0.25) is 0 Å². The molecule has 1 saturated carbocycles. The molecule has 0 aromatic carbocycles. The fraction of sp³-hybridized carbons (Fsp3) is 0.636. The van der Waals surface area contributed by atoms with Crippen LogP contribution in [0.5, 0.6) is 0 Å². The highest BCUT2D eigenvalue weighted by molar-refractivity contribution is 8.03. The first-order valence-electron chi connectivity index (χ1n) is 5.23. The Morgan fingerprint density at radius 3 is 2.67 bits per heavy atom. The van der Waals surface area contributed by atoms with Crippen molar-refractivity contribution in [2.24, 2.45) is 0 Å². The average molecular weight is 220 g/mol. The molecule has 2 aliphatic rings. The maximum Gasteiger partial charge on any atom is 0.182 e. The van der Waals surface area contributed by atoms with E-state index in [1.807, 2.05) is 12.1 Å². The van der Waals surface area contributed by atoms with Gasteiger partial charge in [0.2, 0.25) is 0 Å². The van der Waals surface area contributed by atoms with Crippen LogP contribution >= 0.6 is 11.8 Å². The molecule has 2 rings (SSSR count). The first-order valence-corrected chi connectivity index (χ1v) is 6.11. The molecule has 0 bridgehead atoms. The topological polar surface area (TPSA) is 56.8 Å². The van der Waals surface area contributed by atoms with E-state index < -0.39 is 0 Å². The molecule has 78 valence electrons. The minimum atomic E-state index is 0.132. The van der Waals surface area contributed by atoms with E-state index in [0.29, 0.717) is 10.3 Å². The quantitative estimate of drug-likeness (QED) is 0.589. The van der Waals surface area contributed by atoms with Gasteiger partial charge in [0.15, 0.2) is 10.7 Å². The lowest BCUT2D eigenvalue weighted by atomic mass is 10.1. The normalized spacial score (nSPS) is 29.3. The lowest BCUT2D eigenvalue weighted by molar-refractivity contribution is 0.141. The third kappa shape index (κ3) is 2.11. The number of ether oxygens (including phenoxy) is 1. The number of hydrogen-bond acceptors (Lipinski definition) is 4. The fourth-order valence-corrected chi connectivity index (χ4v) is 3.34. The molecule has 0 radical (unpaired) electrons. The Balaban J connectivity index is 2.15. The molecule has 2 unspecified atom stereocenters. The van der Waals surface area contributed by atoms with Crippen LogP contribution < -0.4 is 0 Å². The highest BCUT2D eigenvalue weighted by Gasteiger charge is 2.35. The standard InChI is InChI=1S/C11H12N2OS/c12-6-8(7-13)11-14-9-4-2-1-3-5-10(9)15-11/h9-10H,1-5H2. The Morgan fingerprint density at radius 2 is 1.93 bits per heavy atom. The summed E-state index contributed by atoms with van der Waals surface area (Å²) in [7, 11) is 0. The smallest absolute Gasteiger partial charge is 0.182 e. The van der Waals surface area contributed by atoms with Gasteiger partial charge in [0, 0.05) is 5.25 Å². The summed E-state index contributed by atoms with van der Waals surface area (Å²) < 4.78 is 5.69. The van der Waals surface area contributed by atoms with Gasteiger partial charge >= 0.3 is 0 Å². The third-order valence-electron chi connectivity index (χ3n) is 2.84. The van der Waals surface area contributed by atoms with Crippen LogP contribution in [-0.2, 0) is 4.74 Å². The Kier molecular flexibility index (Phi) is 3.18. The number of nitriles is 2. The molecule has 1 saturated heterocycles. The van der Waals surface area contributed by atoms with Crippen LogP contribution in [-0.4, -0.2) is 11.4 Å². The van der Waals surface area contributed by atoms with Gasteiger partial charge in [-0.1, -0.05) is 24.6 Å². The van der Waals surface area contributed by atoms with E-state index in [0.717, 1.165) is 12.8 Å². The average Bonchev–Trinajstić information content (AvgIpc) is 2.52. The van der Waals surface area contributed by atoms with Crippen molar-refractivity contribution in [3.05, 3.63) is 10.7 Å². The molecule has 2 atom stereocenters. The molecule has 0 amide bonds. The zero-order valence-electron chi connectivity index (χ0n) is 8.40. The van der Waals surface area contributed by atoms with Crippen molar-refractivity contribution >= 4 is 11.8 Å². The zero-order valence-corrected chi connectivity index (χ0v) is 9.22. The molecular formula is C11H12N2OS. The zero-order chi connectivity index (χ0) is 10.7. The first kappa shape index (κ1) is 10.4. The fourth-order valence-electron chi connectivity index (χ4n) is 2.05. The van der Waals surface area contributed by atoms with Gasteiger partial charge in [0.25, 0.3) is 0 Å². The molecule has 0 aromatic rings. The molecule has 1 aliphatic heterocycles. The number of rotatable bonds is 0. The minimum Gasteiger partial charge on any atom is -0.481 e. The van der Waals surface area contributed by atoms with Gasteiger partial charge in [-0.3, -0.25) is 0 Å². The maximum atomic E-state index is 8.75. The lowest BCUT2D eigenvalue weighted by Crippen LogP contribution is -2.17. The summed E-state index contributed by atoms with van der Waals surface area (Å²) in [6.45, 7) is 0. The molecule has 0 aromatic heterocycles. The number of allylic oxidation sites excluding steroid dienone is 1. The van der Waals surface area contributed by atoms with E-state index in [1.54, 1.807) is 11.8 Å². The summed E-state index contributed by atoms with van der Waals surface area (Å²) >= 11 is 1.58. The Hall–Kier alpha value is -1.13. The monoisotopic (exact) mass is 220 g/mol. The lowest BCUT2D eigenvalue weighted by Gasteiger charge is -2.11. The number of nitrogens with zero attached hydrogens (tertiary/aromatic N) is 2. The van der Waals surface area contributed by atoms with Crippen molar-refractivity contribution in [3.8, 4) is 12.1 Å². The van der Waals surface area contributed by atoms with Crippen LogP contribution in [0.15, 0.2) is 10.7 Å². The van der Waals surface area contributed by atoms with Crippen LogP contribution in [0.3, 0.4) is 0 Å². The van der Waals surface area contributed by atoms with Crippen molar-refractivity contribution in [2.45, 2.75) is 43.5 Å². The van der Waals surface area contributed by atoms with Gasteiger partial charge in [-0.05, 0) is 19.3 Å². The van der Waals surface area contributed by atoms with Gasteiger partial charge in [-0.25, -0.2) is 0 Å². The summed E-state index contributed by atoms with van der Waals surface area (Å²) in [5.41, 5.74) is 0.132. The third-order valence-corrected chi connectivity index (χ3v) is 4.19. The summed E-state index contributed by atoms with van der Waals surface area (Å²) in [5.74, 6) is 0. The SMILES string of the molecule is N#CC(C#N)=C1OC2CCCCCC2S1. The van der Waals surface area contributed by atoms with E-state index in [1.165, 1.54) is 19.3 Å². The second-order valence-corrected chi connectivity index (χ2v) is 5.05. The number of fused-ring (bicyclic) bond motifs is 1. The van der Waals surface area contributed by atoms with Crippen LogP contribution in [0.4, 0.5) is 0 Å². The molecule has 2 fully saturated rings. The van der Waals surface area contributed by atoms with Crippen LogP contribution in [0.1, 0.15) is 32.1 Å². The van der Waals surface area contributed by atoms with Crippen LogP contribution in [0, 0.1) is 22.7 Å². The minimum absolute atomic E-state index is 0.132. The molecule has 1 aliphatic carbocycles. The molecule has 15 heavy (non-hydrogen) atoms. The van der Waals surface area contributed by atoms with E-state index in [4.69, 9.17) is 15.3 Å². The molecule has 4 heteroatoms. The van der Waals surface area contributed by atoms with E-state index >= 15 is 0 Å². The van der Waals surface area contributed by atoms with Gasteiger partial charge in [-0.2, -0.15) is 10.5 Å². The van der Waals surface area contributed by atoms with Crippen LogP contribution in [0.25, 0.3) is 0 Å². The molecule has 0 N–H and O–H groups in total. The van der Waals surface area contributed by atoms with Gasteiger partial charge in [-0.15, -0.1) is 0 Å². The van der Waals surface area contributed by atoms with Crippen molar-refractivity contribution in [1.29, 1.82) is 10.5 Å². The van der Waals surface area contributed by atoms with Crippen molar-refractivity contribution in [3.63, 3.8) is 0 Å². The summed E-state index contributed by atoms with van der Waals surface area (Å²) in [5, 5.41) is 18.5. The Bertz CT molecular complexity index is 332. The number of hydrogen-bond donors (Lipinski definition) is 0. The predicted molar refractivity (Wildman–Crippen MR) is 57.6 cm³/mol. The molecular weight excluding hydrogens is 208 g/mol. The van der Waals surface area contributed by atoms with E-state index in [-0.39, 0.29) is 11.7 Å². The second-order valence-electron chi connectivity index (χ2n) is 3.84. The second kappa shape index (κ2) is 4.59. The van der Waals surface area contributed by atoms with Gasteiger partial charge in [0.1, 0.15) is 18.2 Å². The predicted octanol–water partition coefficient (Wildman–Crippen LogP) is 2.71. The largest absolute Gasteiger partial charge is 0.481 e. The van der Waals surface area contributed by atoms with E-state index in [9.17, 15) is 0 Å². The van der Waals surface area contributed by atoms with Gasteiger partial charge < -0.3 is 4.74 Å². The van der Waals surface area contributed by atoms with Crippen molar-refractivity contribution < 1.29 is 4.74 Å². The maximum absolute atomic E-state index is 8.75. The Morgan fingerprint density at radius 1 is 1.20 bits per heavy atom. The molecule has 3 nitrogen and oxygen atoms in total. The summed E-state index contributed by atoms with van der Waals surface area (Å²) in [6.07, 6.45) is 6.14. The Labute approximate surface area is 93.7 Å². The van der Waals surface area contributed by atoms with Crippen molar-refractivity contribution in [2.75, 3.05) is 0 Å². The first-order chi connectivity index (χ1) is 7.35. The molecule has 1 heterocycles. The summed E-state index contributed by atoms with van der Waals surface area (Å²) in [6, 6.07) is 3.78. The van der Waals surface area contributed by atoms with Gasteiger partial charge in [0.05, 0.1) is 0 Å². The number of thioether (sulfide) groups is 1. The summed E-state index contributed by atoms with van der Waals surface area (Å²) in [4.78, 5) is 0. The molecule has 0 spiro atoms. The highest BCUT2D eigenvalue weighted by Crippen LogP contribution is 2.43. The van der Waals surface area contributed by atoms with E-state index in [2.05, 4.69) is 0 Å². The highest BCUT2D eigenvalue weighted by atomic mass is 32.2. The van der Waals surface area contributed by atoms with Crippen molar-refractivity contribution in [1.82, 2.24) is 0 Å².